The minimum Gasteiger partial charge on any atom is -0.467 e. The van der Waals surface area contributed by atoms with Gasteiger partial charge in [0, 0.05) is 10.9 Å². The molecular formula is C24H20N4O3S. The van der Waals surface area contributed by atoms with Crippen LogP contribution >= 0.6 is 11.8 Å². The minimum atomic E-state index is -0.195. The van der Waals surface area contributed by atoms with Gasteiger partial charge in [0.1, 0.15) is 16.8 Å². The molecule has 2 aromatic carbocycles. The molecule has 1 amide bonds. The van der Waals surface area contributed by atoms with E-state index in [0.717, 1.165) is 22.2 Å². The number of hydrogen-bond donors (Lipinski definition) is 2. The summed E-state index contributed by atoms with van der Waals surface area (Å²) in [5.41, 5.74) is 3.39. The van der Waals surface area contributed by atoms with Crippen LogP contribution in [0.15, 0.2) is 81.3 Å². The maximum absolute atomic E-state index is 13.6. The highest BCUT2D eigenvalue weighted by Gasteiger charge is 2.19. The summed E-state index contributed by atoms with van der Waals surface area (Å²) in [6.45, 7) is 2.26. The Kier molecular flexibility index (Phi) is 5.28. The number of furan rings is 1. The quantitative estimate of drug-likeness (QED) is 0.303. The fraction of sp³-hybridized carbons (Fsp3) is 0.125. The third kappa shape index (κ3) is 3.69. The normalized spacial score (nSPS) is 11.3. The predicted molar refractivity (Wildman–Crippen MR) is 125 cm³/mol. The van der Waals surface area contributed by atoms with Crippen LogP contribution in [0.1, 0.15) is 11.3 Å². The van der Waals surface area contributed by atoms with Gasteiger partial charge in [-0.1, -0.05) is 48.2 Å². The average Bonchev–Trinajstić information content (AvgIpc) is 3.45. The SMILES string of the molecule is Cc1ccccc1-n1c(SCC(=O)NCc2ccco2)nc2c([nH]c3ccccc32)c1=O. The van der Waals surface area contributed by atoms with Crippen LogP contribution in [0.25, 0.3) is 27.6 Å². The molecule has 160 valence electrons. The van der Waals surface area contributed by atoms with Crippen LogP contribution in [0, 0.1) is 6.92 Å². The smallest absolute Gasteiger partial charge is 0.283 e. The lowest BCUT2D eigenvalue weighted by Gasteiger charge is -2.14. The lowest BCUT2D eigenvalue weighted by Crippen LogP contribution is -2.26. The first-order valence-electron chi connectivity index (χ1n) is 10.1. The number of nitrogens with one attached hydrogen (secondary N) is 2. The van der Waals surface area contributed by atoms with Gasteiger partial charge in [-0.2, -0.15) is 0 Å². The molecule has 7 nitrogen and oxygen atoms in total. The van der Waals surface area contributed by atoms with Crippen molar-refractivity contribution < 1.29 is 9.21 Å². The number of carbonyl (C=O) groups is 1. The molecule has 0 radical (unpaired) electrons. The van der Waals surface area contributed by atoms with Crippen molar-refractivity contribution in [2.45, 2.75) is 18.6 Å². The number of aromatic amines is 1. The monoisotopic (exact) mass is 444 g/mol. The van der Waals surface area contributed by atoms with Crippen molar-refractivity contribution in [2.24, 2.45) is 0 Å². The fourth-order valence-corrected chi connectivity index (χ4v) is 4.47. The Bertz CT molecular complexity index is 1480. The van der Waals surface area contributed by atoms with Crippen molar-refractivity contribution >= 4 is 39.6 Å². The molecule has 5 aromatic rings. The molecule has 0 aliphatic rings. The Labute approximate surface area is 187 Å². The first-order chi connectivity index (χ1) is 15.6. The molecule has 0 atom stereocenters. The zero-order valence-electron chi connectivity index (χ0n) is 17.3. The molecule has 3 heterocycles. The summed E-state index contributed by atoms with van der Waals surface area (Å²) in [5.74, 6) is 0.627. The summed E-state index contributed by atoms with van der Waals surface area (Å²) in [4.78, 5) is 34.0. The zero-order chi connectivity index (χ0) is 22.1. The van der Waals surface area contributed by atoms with Crippen LogP contribution in [-0.4, -0.2) is 26.2 Å². The zero-order valence-corrected chi connectivity index (χ0v) is 18.1. The van der Waals surface area contributed by atoms with Gasteiger partial charge in [0.25, 0.3) is 5.56 Å². The van der Waals surface area contributed by atoms with E-state index in [1.165, 1.54) is 11.8 Å². The Morgan fingerprint density at radius 1 is 1.12 bits per heavy atom. The van der Waals surface area contributed by atoms with Gasteiger partial charge in [0.2, 0.25) is 5.91 Å². The van der Waals surface area contributed by atoms with E-state index in [9.17, 15) is 9.59 Å². The van der Waals surface area contributed by atoms with Crippen LogP contribution < -0.4 is 10.9 Å². The second-order valence-corrected chi connectivity index (χ2v) is 8.30. The molecule has 0 saturated heterocycles. The van der Waals surface area contributed by atoms with Crippen molar-refractivity contribution in [2.75, 3.05) is 5.75 Å². The number of rotatable bonds is 6. The third-order valence-electron chi connectivity index (χ3n) is 5.22. The van der Waals surface area contributed by atoms with Gasteiger partial charge in [-0.3, -0.25) is 14.2 Å². The van der Waals surface area contributed by atoms with Gasteiger partial charge >= 0.3 is 0 Å². The molecule has 0 saturated carbocycles. The van der Waals surface area contributed by atoms with Crippen molar-refractivity contribution in [3.63, 3.8) is 0 Å². The first kappa shape index (κ1) is 20.1. The van der Waals surface area contributed by atoms with E-state index in [2.05, 4.69) is 10.3 Å². The van der Waals surface area contributed by atoms with Crippen LogP contribution in [0.2, 0.25) is 0 Å². The number of carbonyl (C=O) groups excluding carboxylic acids is 1. The second-order valence-electron chi connectivity index (χ2n) is 7.36. The maximum Gasteiger partial charge on any atom is 0.283 e. The van der Waals surface area contributed by atoms with Crippen LogP contribution in [0.3, 0.4) is 0 Å². The number of amides is 1. The number of para-hydroxylation sites is 2. The van der Waals surface area contributed by atoms with E-state index >= 15 is 0 Å². The molecule has 0 bridgehead atoms. The van der Waals surface area contributed by atoms with Gasteiger partial charge in [0.05, 0.1) is 24.2 Å². The Morgan fingerprint density at radius 3 is 2.75 bits per heavy atom. The second kappa shape index (κ2) is 8.39. The number of benzene rings is 2. The van der Waals surface area contributed by atoms with E-state index in [0.29, 0.717) is 28.5 Å². The Morgan fingerprint density at radius 2 is 1.94 bits per heavy atom. The molecule has 0 fully saturated rings. The Balaban J connectivity index is 1.55. The van der Waals surface area contributed by atoms with Gasteiger partial charge < -0.3 is 14.7 Å². The summed E-state index contributed by atoms with van der Waals surface area (Å²) >= 11 is 1.23. The number of aryl methyl sites for hydroxylation is 1. The highest BCUT2D eigenvalue weighted by molar-refractivity contribution is 7.99. The van der Waals surface area contributed by atoms with Crippen LogP contribution in [-0.2, 0) is 11.3 Å². The van der Waals surface area contributed by atoms with E-state index in [1.54, 1.807) is 23.0 Å². The standard InChI is InChI=1S/C24H20N4O3S/c1-15-7-2-5-11-19(15)28-23(30)22-21(17-9-3-4-10-18(17)26-22)27-24(28)32-14-20(29)25-13-16-8-6-12-31-16/h2-12,26H,13-14H2,1H3,(H,25,29). The van der Waals surface area contributed by atoms with Crippen LogP contribution in [0.5, 0.6) is 0 Å². The summed E-state index contributed by atoms with van der Waals surface area (Å²) in [7, 11) is 0. The Hall–Kier alpha value is -3.78. The number of aromatic nitrogens is 3. The van der Waals surface area contributed by atoms with Gasteiger partial charge in [-0.25, -0.2) is 4.98 Å². The first-order valence-corrected chi connectivity index (χ1v) is 11.1. The van der Waals surface area contributed by atoms with Crippen molar-refractivity contribution in [1.29, 1.82) is 0 Å². The highest BCUT2D eigenvalue weighted by atomic mass is 32.2. The van der Waals surface area contributed by atoms with Gasteiger partial charge in [-0.15, -0.1) is 0 Å². The van der Waals surface area contributed by atoms with E-state index in [4.69, 9.17) is 9.40 Å². The molecule has 0 aliphatic carbocycles. The molecule has 0 spiro atoms. The summed E-state index contributed by atoms with van der Waals surface area (Å²) in [6, 6.07) is 18.9. The lowest BCUT2D eigenvalue weighted by atomic mass is 10.2. The lowest BCUT2D eigenvalue weighted by molar-refractivity contribution is -0.118. The average molecular weight is 445 g/mol. The number of thioether (sulfide) groups is 1. The largest absolute Gasteiger partial charge is 0.467 e. The molecule has 5 rings (SSSR count). The van der Waals surface area contributed by atoms with Gasteiger partial charge in [-0.05, 0) is 36.8 Å². The van der Waals surface area contributed by atoms with Crippen molar-refractivity contribution in [1.82, 2.24) is 19.9 Å². The summed E-state index contributed by atoms with van der Waals surface area (Å²) in [5, 5.41) is 4.17. The summed E-state index contributed by atoms with van der Waals surface area (Å²) in [6.07, 6.45) is 1.57. The van der Waals surface area contributed by atoms with Gasteiger partial charge in [0.15, 0.2) is 5.16 Å². The summed E-state index contributed by atoms with van der Waals surface area (Å²) < 4.78 is 6.83. The van der Waals surface area contributed by atoms with E-state index in [1.807, 2.05) is 55.5 Å². The molecule has 8 heteroatoms. The number of nitrogens with zero attached hydrogens (tertiary/aromatic N) is 2. The number of hydrogen-bond acceptors (Lipinski definition) is 5. The third-order valence-corrected chi connectivity index (χ3v) is 6.16. The highest BCUT2D eigenvalue weighted by Crippen LogP contribution is 2.27. The minimum absolute atomic E-state index is 0.118. The molecule has 2 N–H and O–H groups in total. The molecule has 3 aromatic heterocycles. The predicted octanol–water partition coefficient (Wildman–Crippen LogP) is 4.18. The molecule has 0 aliphatic heterocycles. The topological polar surface area (TPSA) is 92.9 Å². The van der Waals surface area contributed by atoms with Crippen LogP contribution in [0.4, 0.5) is 0 Å². The molecule has 32 heavy (non-hydrogen) atoms. The number of H-pyrrole nitrogens is 1. The van der Waals surface area contributed by atoms with E-state index in [-0.39, 0.29) is 17.2 Å². The maximum atomic E-state index is 13.6. The van der Waals surface area contributed by atoms with Crippen molar-refractivity contribution in [3.05, 3.63) is 88.6 Å². The van der Waals surface area contributed by atoms with E-state index < -0.39 is 0 Å². The fourth-order valence-electron chi connectivity index (χ4n) is 3.65. The molecular weight excluding hydrogens is 424 g/mol. The number of fused-ring (bicyclic) bond motifs is 3. The molecule has 0 unspecified atom stereocenters. The van der Waals surface area contributed by atoms with Crippen molar-refractivity contribution in [3.8, 4) is 5.69 Å².